The molecule has 2 aromatic rings. The highest BCUT2D eigenvalue weighted by Gasteiger charge is 2.14. The van der Waals surface area contributed by atoms with Gasteiger partial charge in [0.25, 0.3) is 5.91 Å². The lowest BCUT2D eigenvalue weighted by atomic mass is 10.1. The van der Waals surface area contributed by atoms with Gasteiger partial charge in [-0.05, 0) is 55.7 Å². The summed E-state index contributed by atoms with van der Waals surface area (Å²) in [7, 11) is 0. The van der Waals surface area contributed by atoms with Crippen molar-refractivity contribution in [1.29, 1.82) is 0 Å². The van der Waals surface area contributed by atoms with Gasteiger partial charge in [-0.15, -0.1) is 0 Å². The second kappa shape index (κ2) is 13.0. The van der Waals surface area contributed by atoms with Crippen molar-refractivity contribution in [2.45, 2.75) is 40.0 Å². The number of para-hydroxylation sites is 1. The second-order valence-electron chi connectivity index (χ2n) is 7.54. The molecule has 0 saturated carbocycles. The quantitative estimate of drug-likeness (QED) is 0.461. The Bertz CT molecular complexity index is 897. The Morgan fingerprint density at radius 3 is 2.25 bits per heavy atom. The Hall–Kier alpha value is -3.55. The maximum absolute atomic E-state index is 12.4. The molecule has 8 nitrogen and oxygen atoms in total. The van der Waals surface area contributed by atoms with Crippen LogP contribution in [0.3, 0.4) is 0 Å². The van der Waals surface area contributed by atoms with Gasteiger partial charge >= 0.3 is 0 Å². The third-order valence-electron chi connectivity index (χ3n) is 4.43. The largest absolute Gasteiger partial charge is 0.494 e. The maximum Gasteiger partial charge on any atom is 0.273 e. The molecule has 0 aliphatic rings. The van der Waals surface area contributed by atoms with Crippen LogP contribution in [-0.4, -0.2) is 30.9 Å². The average Bonchev–Trinajstić information content (AvgIpc) is 2.77. The van der Waals surface area contributed by atoms with E-state index >= 15 is 0 Å². The van der Waals surface area contributed by atoms with Crippen LogP contribution in [0.2, 0.25) is 0 Å². The summed E-state index contributed by atoms with van der Waals surface area (Å²) in [4.78, 5) is 36.5. The molecule has 8 heteroatoms. The van der Waals surface area contributed by atoms with Crippen molar-refractivity contribution in [1.82, 2.24) is 10.9 Å². The standard InChI is InChI=1S/C24H31N3O5/c1-4-31-19-11-9-18(10-12-19)25-22(28)13-14-23(29)26-27-24(30)20-7-5-6-8-21(20)32-16-15-17(2)3/h5-12,17H,4,13-16H2,1-3H3,(H,25,28)(H,26,29)(H,27,30). The van der Waals surface area contributed by atoms with E-state index in [1.54, 1.807) is 48.5 Å². The monoisotopic (exact) mass is 441 g/mol. The van der Waals surface area contributed by atoms with Crippen molar-refractivity contribution in [2.75, 3.05) is 18.5 Å². The fraction of sp³-hybridized carbons (Fsp3) is 0.375. The Kier molecular flexibility index (Phi) is 10.0. The average molecular weight is 442 g/mol. The Labute approximate surface area is 188 Å². The molecule has 0 aromatic heterocycles. The lowest BCUT2D eigenvalue weighted by Gasteiger charge is -2.13. The smallest absolute Gasteiger partial charge is 0.273 e. The highest BCUT2D eigenvalue weighted by atomic mass is 16.5. The number of nitrogens with one attached hydrogen (secondary N) is 3. The predicted octanol–water partition coefficient (Wildman–Crippen LogP) is 3.69. The molecule has 0 aliphatic carbocycles. The van der Waals surface area contributed by atoms with E-state index in [0.717, 1.165) is 6.42 Å². The van der Waals surface area contributed by atoms with Gasteiger partial charge in [0.1, 0.15) is 11.5 Å². The molecule has 32 heavy (non-hydrogen) atoms. The molecule has 0 unspecified atom stereocenters. The number of hydrazine groups is 1. The van der Waals surface area contributed by atoms with E-state index in [9.17, 15) is 14.4 Å². The maximum atomic E-state index is 12.4. The topological polar surface area (TPSA) is 106 Å². The first-order chi connectivity index (χ1) is 15.4. The zero-order chi connectivity index (χ0) is 23.3. The van der Waals surface area contributed by atoms with Gasteiger partial charge < -0.3 is 14.8 Å². The third-order valence-corrected chi connectivity index (χ3v) is 4.43. The second-order valence-corrected chi connectivity index (χ2v) is 7.54. The van der Waals surface area contributed by atoms with Gasteiger partial charge in [-0.1, -0.05) is 26.0 Å². The van der Waals surface area contributed by atoms with Gasteiger partial charge in [-0.3, -0.25) is 25.2 Å². The number of hydrogen-bond donors (Lipinski definition) is 3. The molecule has 172 valence electrons. The van der Waals surface area contributed by atoms with Crippen LogP contribution in [0.25, 0.3) is 0 Å². The molecule has 0 atom stereocenters. The van der Waals surface area contributed by atoms with E-state index in [1.807, 2.05) is 6.92 Å². The molecule has 0 spiro atoms. The highest BCUT2D eigenvalue weighted by Crippen LogP contribution is 2.18. The number of benzene rings is 2. The number of carbonyl (C=O) groups excluding carboxylic acids is 3. The summed E-state index contributed by atoms with van der Waals surface area (Å²) in [6.45, 7) is 7.14. The van der Waals surface area contributed by atoms with Crippen LogP contribution in [0.1, 0.15) is 50.4 Å². The lowest BCUT2D eigenvalue weighted by Crippen LogP contribution is -2.42. The summed E-state index contributed by atoms with van der Waals surface area (Å²) in [5.41, 5.74) is 5.63. The molecular weight excluding hydrogens is 410 g/mol. The number of amides is 3. The molecular formula is C24H31N3O5. The van der Waals surface area contributed by atoms with Gasteiger partial charge in [-0.2, -0.15) is 0 Å². The van der Waals surface area contributed by atoms with Crippen molar-refractivity contribution >= 4 is 23.4 Å². The summed E-state index contributed by atoms with van der Waals surface area (Å²) in [5.74, 6) is 0.388. The first-order valence-corrected chi connectivity index (χ1v) is 10.7. The molecule has 0 aliphatic heterocycles. The van der Waals surface area contributed by atoms with Crippen molar-refractivity contribution in [3.05, 3.63) is 54.1 Å². The molecule has 2 aromatic carbocycles. The minimum absolute atomic E-state index is 0.0240. The minimum atomic E-state index is -0.489. The lowest BCUT2D eigenvalue weighted by molar-refractivity contribution is -0.124. The van der Waals surface area contributed by atoms with Crippen LogP contribution in [0.15, 0.2) is 48.5 Å². The molecule has 3 amide bonds. The molecule has 0 heterocycles. The summed E-state index contributed by atoms with van der Waals surface area (Å²) in [6, 6.07) is 13.8. The fourth-order valence-electron chi connectivity index (χ4n) is 2.69. The van der Waals surface area contributed by atoms with Crippen LogP contribution in [0, 0.1) is 5.92 Å². The van der Waals surface area contributed by atoms with E-state index < -0.39 is 11.8 Å². The van der Waals surface area contributed by atoms with Gasteiger partial charge in [0, 0.05) is 18.5 Å². The molecule has 2 rings (SSSR count). The Balaban J connectivity index is 1.75. The fourth-order valence-corrected chi connectivity index (χ4v) is 2.69. The Morgan fingerprint density at radius 2 is 1.56 bits per heavy atom. The van der Waals surface area contributed by atoms with Crippen LogP contribution >= 0.6 is 0 Å². The van der Waals surface area contributed by atoms with Gasteiger partial charge in [-0.25, -0.2) is 0 Å². The van der Waals surface area contributed by atoms with Crippen LogP contribution < -0.4 is 25.6 Å². The van der Waals surface area contributed by atoms with Crippen molar-refractivity contribution in [2.24, 2.45) is 5.92 Å². The number of ether oxygens (including phenoxy) is 2. The minimum Gasteiger partial charge on any atom is -0.494 e. The van der Waals surface area contributed by atoms with E-state index in [0.29, 0.717) is 41.9 Å². The van der Waals surface area contributed by atoms with Gasteiger partial charge in [0.05, 0.1) is 18.8 Å². The number of anilines is 1. The zero-order valence-corrected chi connectivity index (χ0v) is 18.8. The predicted molar refractivity (Wildman–Crippen MR) is 122 cm³/mol. The molecule has 0 fully saturated rings. The van der Waals surface area contributed by atoms with Crippen LogP contribution in [-0.2, 0) is 9.59 Å². The molecule has 3 N–H and O–H groups in total. The van der Waals surface area contributed by atoms with Crippen molar-refractivity contribution in [3.8, 4) is 11.5 Å². The Morgan fingerprint density at radius 1 is 0.875 bits per heavy atom. The SMILES string of the molecule is CCOc1ccc(NC(=O)CCC(=O)NNC(=O)c2ccccc2OCCC(C)C)cc1. The first kappa shape index (κ1) is 24.7. The van der Waals surface area contributed by atoms with Gasteiger partial charge in [0.15, 0.2) is 0 Å². The summed E-state index contributed by atoms with van der Waals surface area (Å²) >= 11 is 0. The van der Waals surface area contributed by atoms with E-state index in [-0.39, 0.29) is 18.7 Å². The summed E-state index contributed by atoms with van der Waals surface area (Å²) in [5, 5.41) is 2.71. The highest BCUT2D eigenvalue weighted by molar-refractivity contribution is 5.98. The van der Waals surface area contributed by atoms with Gasteiger partial charge in [0.2, 0.25) is 11.8 Å². The number of carbonyl (C=O) groups is 3. The molecule has 0 radical (unpaired) electrons. The normalized spacial score (nSPS) is 10.4. The van der Waals surface area contributed by atoms with Crippen molar-refractivity contribution in [3.63, 3.8) is 0 Å². The summed E-state index contributed by atoms with van der Waals surface area (Å²) in [6.07, 6.45) is 0.769. The third kappa shape index (κ3) is 8.67. The van der Waals surface area contributed by atoms with E-state index in [1.165, 1.54) is 0 Å². The molecule has 0 saturated heterocycles. The van der Waals surface area contributed by atoms with E-state index in [4.69, 9.17) is 9.47 Å². The summed E-state index contributed by atoms with van der Waals surface area (Å²) < 4.78 is 11.0. The number of hydrogen-bond acceptors (Lipinski definition) is 5. The van der Waals surface area contributed by atoms with E-state index in [2.05, 4.69) is 30.0 Å². The zero-order valence-electron chi connectivity index (χ0n) is 18.8. The van der Waals surface area contributed by atoms with Crippen LogP contribution in [0.4, 0.5) is 5.69 Å². The molecule has 0 bridgehead atoms. The van der Waals surface area contributed by atoms with Crippen LogP contribution in [0.5, 0.6) is 11.5 Å². The van der Waals surface area contributed by atoms with Crippen molar-refractivity contribution < 1.29 is 23.9 Å². The number of rotatable bonds is 11. The first-order valence-electron chi connectivity index (χ1n) is 10.7.